The molecule has 0 aromatic heterocycles. The highest BCUT2D eigenvalue weighted by Crippen LogP contribution is 2.47. The lowest BCUT2D eigenvalue weighted by Gasteiger charge is -2.57. The Morgan fingerprint density at radius 1 is 1.30 bits per heavy atom. The first-order valence-corrected chi connectivity index (χ1v) is 4.28. The van der Waals surface area contributed by atoms with Crippen molar-refractivity contribution in [3.05, 3.63) is 6.42 Å². The van der Waals surface area contributed by atoms with Gasteiger partial charge in [0.15, 0.2) is 0 Å². The summed E-state index contributed by atoms with van der Waals surface area (Å²) in [4.78, 5) is 2.56. The summed E-state index contributed by atoms with van der Waals surface area (Å²) >= 11 is 0. The van der Waals surface area contributed by atoms with Crippen molar-refractivity contribution >= 4 is 0 Å². The van der Waals surface area contributed by atoms with Crippen LogP contribution in [0.15, 0.2) is 0 Å². The topological polar surface area (TPSA) is 3.24 Å². The molecule has 1 aliphatic carbocycles. The molecule has 0 amide bonds. The fourth-order valence-corrected chi connectivity index (χ4v) is 1.99. The fraction of sp³-hybridized carbons (Fsp3) is 0.889. The second-order valence-electron chi connectivity index (χ2n) is 4.20. The zero-order chi connectivity index (χ0) is 7.19. The van der Waals surface area contributed by atoms with Crippen molar-refractivity contribution in [3.63, 3.8) is 0 Å². The third-order valence-electron chi connectivity index (χ3n) is 2.96. The van der Waals surface area contributed by atoms with Crippen molar-refractivity contribution in [2.75, 3.05) is 13.1 Å². The average molecular weight is 138 g/mol. The monoisotopic (exact) mass is 138 g/mol. The van der Waals surface area contributed by atoms with E-state index >= 15 is 0 Å². The van der Waals surface area contributed by atoms with Gasteiger partial charge in [-0.2, -0.15) is 0 Å². The smallest absolute Gasteiger partial charge is 0.00534 e. The molecule has 0 atom stereocenters. The Bertz CT molecular complexity index is 128. The molecule has 1 saturated heterocycles. The highest BCUT2D eigenvalue weighted by atomic mass is 15.2. The molecule has 1 heteroatoms. The molecule has 2 rings (SSSR count). The van der Waals surface area contributed by atoms with Crippen molar-refractivity contribution in [1.82, 2.24) is 4.90 Å². The van der Waals surface area contributed by atoms with E-state index in [9.17, 15) is 0 Å². The summed E-state index contributed by atoms with van der Waals surface area (Å²) < 4.78 is 0. The first-order chi connectivity index (χ1) is 4.72. The Kier molecular flexibility index (Phi) is 1.31. The third kappa shape index (κ3) is 0.800. The van der Waals surface area contributed by atoms with Gasteiger partial charge in [-0.3, -0.25) is 4.90 Å². The molecule has 1 spiro atoms. The first-order valence-electron chi connectivity index (χ1n) is 4.28. The summed E-state index contributed by atoms with van der Waals surface area (Å²) in [5, 5.41) is 0. The lowest BCUT2D eigenvalue weighted by atomic mass is 9.63. The Balaban J connectivity index is 1.82. The number of nitrogens with zero attached hydrogens (tertiary/aromatic N) is 1. The predicted molar refractivity (Wildman–Crippen MR) is 42.7 cm³/mol. The Morgan fingerprint density at radius 3 is 2.20 bits per heavy atom. The number of hydrogen-bond acceptors (Lipinski definition) is 1. The van der Waals surface area contributed by atoms with E-state index in [2.05, 4.69) is 25.2 Å². The van der Waals surface area contributed by atoms with Crippen LogP contribution in [0.1, 0.15) is 26.7 Å². The number of likely N-dealkylation sites (tertiary alicyclic amines) is 1. The molecule has 0 aromatic carbocycles. The van der Waals surface area contributed by atoms with E-state index < -0.39 is 0 Å². The Hall–Kier alpha value is -0.0400. The van der Waals surface area contributed by atoms with E-state index in [0.29, 0.717) is 0 Å². The summed E-state index contributed by atoms with van der Waals surface area (Å²) in [5.41, 5.74) is 0.768. The molecule has 0 N–H and O–H groups in total. The third-order valence-corrected chi connectivity index (χ3v) is 2.96. The molecule has 1 radical (unpaired) electrons. The van der Waals surface area contributed by atoms with Crippen LogP contribution in [0.5, 0.6) is 0 Å². The van der Waals surface area contributed by atoms with E-state index in [-0.39, 0.29) is 0 Å². The summed E-state index contributed by atoms with van der Waals surface area (Å²) in [5.74, 6) is 0. The van der Waals surface area contributed by atoms with E-state index in [0.717, 1.165) is 11.5 Å². The average Bonchev–Trinajstić information content (AvgIpc) is 1.54. The Labute approximate surface area is 63.4 Å². The highest BCUT2D eigenvalue weighted by molar-refractivity contribution is 5.08. The lowest BCUT2D eigenvalue weighted by molar-refractivity contribution is -0.0516. The van der Waals surface area contributed by atoms with Gasteiger partial charge in [0.2, 0.25) is 0 Å². The summed E-state index contributed by atoms with van der Waals surface area (Å²) in [6, 6.07) is 0.770. The maximum absolute atomic E-state index is 2.56. The molecule has 2 aliphatic rings. The maximum Gasteiger partial charge on any atom is 0.00534 e. The summed E-state index contributed by atoms with van der Waals surface area (Å²) in [6.45, 7) is 7.30. The molecule has 1 saturated carbocycles. The summed E-state index contributed by atoms with van der Waals surface area (Å²) in [6.07, 6.45) is 5.18. The van der Waals surface area contributed by atoms with Crippen LogP contribution in [0.3, 0.4) is 0 Å². The van der Waals surface area contributed by atoms with Gasteiger partial charge >= 0.3 is 0 Å². The van der Waals surface area contributed by atoms with E-state index in [1.54, 1.807) is 0 Å². The quantitative estimate of drug-likeness (QED) is 0.533. The van der Waals surface area contributed by atoms with E-state index in [4.69, 9.17) is 0 Å². The number of hydrogen-bond donors (Lipinski definition) is 0. The molecule has 0 aromatic rings. The molecule has 57 valence electrons. The van der Waals surface area contributed by atoms with Gasteiger partial charge in [0.05, 0.1) is 0 Å². The minimum absolute atomic E-state index is 0.768. The van der Waals surface area contributed by atoms with Gasteiger partial charge in [-0.25, -0.2) is 0 Å². The molecule has 10 heavy (non-hydrogen) atoms. The largest absolute Gasteiger partial charge is 0.300 e. The summed E-state index contributed by atoms with van der Waals surface area (Å²) in [7, 11) is 0. The van der Waals surface area contributed by atoms with E-state index in [1.165, 1.54) is 25.9 Å². The molecule has 0 bridgehead atoms. The highest BCUT2D eigenvalue weighted by Gasteiger charge is 2.47. The van der Waals surface area contributed by atoms with Gasteiger partial charge in [-0.15, -0.1) is 0 Å². The molecule has 1 nitrogen and oxygen atoms in total. The van der Waals surface area contributed by atoms with Crippen LogP contribution in [-0.2, 0) is 0 Å². The SMILES string of the molecule is CC(C)N1CC2(C[CH]C2)C1. The van der Waals surface area contributed by atoms with Crippen LogP contribution in [-0.4, -0.2) is 24.0 Å². The first kappa shape index (κ1) is 6.66. The van der Waals surface area contributed by atoms with Crippen molar-refractivity contribution < 1.29 is 0 Å². The zero-order valence-electron chi connectivity index (χ0n) is 6.93. The van der Waals surface area contributed by atoms with Gasteiger partial charge in [0.1, 0.15) is 0 Å². The lowest BCUT2D eigenvalue weighted by Crippen LogP contribution is -2.61. The van der Waals surface area contributed by atoms with Crippen LogP contribution in [0.2, 0.25) is 0 Å². The van der Waals surface area contributed by atoms with Crippen LogP contribution >= 0.6 is 0 Å². The van der Waals surface area contributed by atoms with Crippen LogP contribution < -0.4 is 0 Å². The standard InChI is InChI=1S/C9H16N/c1-8(2)10-6-9(7-10)4-3-5-9/h3,8H,4-7H2,1-2H3. The van der Waals surface area contributed by atoms with Gasteiger partial charge in [0.25, 0.3) is 0 Å². The molecule has 1 heterocycles. The van der Waals surface area contributed by atoms with Crippen molar-refractivity contribution in [3.8, 4) is 0 Å². The normalized spacial score (nSPS) is 30.3. The van der Waals surface area contributed by atoms with Gasteiger partial charge < -0.3 is 0 Å². The molecule has 2 fully saturated rings. The van der Waals surface area contributed by atoms with Crippen molar-refractivity contribution in [2.24, 2.45) is 5.41 Å². The van der Waals surface area contributed by atoms with E-state index in [1.807, 2.05) is 0 Å². The van der Waals surface area contributed by atoms with Crippen molar-refractivity contribution in [1.29, 1.82) is 0 Å². The van der Waals surface area contributed by atoms with Gasteiger partial charge in [-0.05, 0) is 38.5 Å². The fourth-order valence-electron chi connectivity index (χ4n) is 1.99. The zero-order valence-corrected chi connectivity index (χ0v) is 6.93. The van der Waals surface area contributed by atoms with Crippen LogP contribution in [0.4, 0.5) is 0 Å². The molecular weight excluding hydrogens is 122 g/mol. The van der Waals surface area contributed by atoms with Crippen molar-refractivity contribution in [2.45, 2.75) is 32.7 Å². The molecular formula is C9H16N. The van der Waals surface area contributed by atoms with Gasteiger partial charge in [0, 0.05) is 19.1 Å². The van der Waals surface area contributed by atoms with Gasteiger partial charge in [-0.1, -0.05) is 0 Å². The predicted octanol–water partition coefficient (Wildman–Crippen LogP) is 1.69. The minimum atomic E-state index is 0.768. The minimum Gasteiger partial charge on any atom is -0.300 e. The number of rotatable bonds is 1. The van der Waals surface area contributed by atoms with Crippen LogP contribution in [0.25, 0.3) is 0 Å². The maximum atomic E-state index is 2.56. The molecule has 1 aliphatic heterocycles. The second-order valence-corrected chi connectivity index (χ2v) is 4.20. The Morgan fingerprint density at radius 2 is 1.90 bits per heavy atom. The second kappa shape index (κ2) is 1.97. The molecule has 0 unspecified atom stereocenters. The van der Waals surface area contributed by atoms with Crippen LogP contribution in [0, 0.1) is 11.8 Å².